The minimum atomic E-state index is -0.0610. The van der Waals surface area contributed by atoms with Crippen molar-refractivity contribution in [1.82, 2.24) is 20.1 Å². The molecule has 206 valence electrons. The second-order valence-corrected chi connectivity index (χ2v) is 10.4. The number of anilines is 1. The zero-order chi connectivity index (χ0) is 26.6. The van der Waals surface area contributed by atoms with Crippen LogP contribution in [0.5, 0.6) is 0 Å². The van der Waals surface area contributed by atoms with E-state index in [1.807, 2.05) is 35.4 Å². The highest BCUT2D eigenvalue weighted by Gasteiger charge is 2.20. The van der Waals surface area contributed by atoms with Gasteiger partial charge in [-0.2, -0.15) is 0 Å². The first-order valence-electron chi connectivity index (χ1n) is 14.2. The van der Waals surface area contributed by atoms with Gasteiger partial charge in [-0.25, -0.2) is 0 Å². The number of carbonyl (C=O) groups is 2. The van der Waals surface area contributed by atoms with Crippen LogP contribution in [0.15, 0.2) is 42.7 Å². The van der Waals surface area contributed by atoms with Crippen LogP contribution in [-0.2, 0) is 22.6 Å². The Morgan fingerprint density at radius 2 is 1.76 bits per heavy atom. The van der Waals surface area contributed by atoms with Crippen molar-refractivity contribution in [3.8, 4) is 0 Å². The van der Waals surface area contributed by atoms with E-state index in [1.165, 1.54) is 18.4 Å². The number of pyridine rings is 1. The molecule has 1 fully saturated rings. The maximum atomic E-state index is 13.1. The molecule has 1 aromatic heterocycles. The lowest BCUT2D eigenvalue weighted by Crippen LogP contribution is -2.38. The molecule has 0 spiro atoms. The van der Waals surface area contributed by atoms with Gasteiger partial charge >= 0.3 is 0 Å². The van der Waals surface area contributed by atoms with Gasteiger partial charge in [0.15, 0.2) is 0 Å². The predicted octanol–water partition coefficient (Wildman–Crippen LogP) is 3.85. The third kappa shape index (κ3) is 8.61. The van der Waals surface area contributed by atoms with Crippen LogP contribution in [0, 0.1) is 0 Å². The molecular weight excluding hydrogens is 478 g/mol. The molecule has 0 radical (unpaired) electrons. The lowest BCUT2D eigenvalue weighted by Gasteiger charge is -2.29. The van der Waals surface area contributed by atoms with E-state index in [0.717, 1.165) is 82.9 Å². The van der Waals surface area contributed by atoms with Gasteiger partial charge in [-0.15, -0.1) is 0 Å². The Bertz CT molecular complexity index is 1030. The number of hydrogen-bond acceptors (Lipinski definition) is 6. The zero-order valence-electron chi connectivity index (χ0n) is 22.9. The van der Waals surface area contributed by atoms with Crippen LogP contribution in [0.4, 0.5) is 5.69 Å². The highest BCUT2D eigenvalue weighted by molar-refractivity contribution is 5.97. The molecular formula is C30H43N5O3. The Hall–Kier alpha value is -2.81. The van der Waals surface area contributed by atoms with Crippen LogP contribution in [0.2, 0.25) is 0 Å². The third-order valence-corrected chi connectivity index (χ3v) is 7.43. The molecule has 2 aliphatic heterocycles. The molecule has 0 atom stereocenters. The summed E-state index contributed by atoms with van der Waals surface area (Å²) < 4.78 is 5.41. The Balaban J connectivity index is 1.50. The molecule has 2 aromatic rings. The van der Waals surface area contributed by atoms with Crippen LogP contribution < -0.4 is 10.2 Å². The fourth-order valence-corrected chi connectivity index (χ4v) is 5.34. The maximum Gasteiger partial charge on any atom is 0.251 e. The van der Waals surface area contributed by atoms with Crippen LogP contribution in [0.25, 0.3) is 0 Å². The standard InChI is InChI=1S/C30H43N5O3/c1-25(36)35-16-6-4-2-3-5-14-34(23-26-9-7-12-31-22-26)24-28-21-27(10-11-29(28)35)30(37)32-13-8-15-33-17-19-38-20-18-33/h7,9-12,21-22H,2-6,8,13-20,23-24H2,1H3,(H,32,37). The molecule has 0 saturated carbocycles. The van der Waals surface area contributed by atoms with Gasteiger partial charge in [-0.05, 0) is 67.7 Å². The van der Waals surface area contributed by atoms with Crippen molar-refractivity contribution in [2.75, 3.05) is 57.4 Å². The number of nitrogens with one attached hydrogen (secondary N) is 1. The average Bonchev–Trinajstić information content (AvgIpc) is 2.93. The molecule has 3 heterocycles. The van der Waals surface area contributed by atoms with Crippen LogP contribution >= 0.6 is 0 Å². The van der Waals surface area contributed by atoms with E-state index in [9.17, 15) is 9.59 Å². The highest BCUT2D eigenvalue weighted by Crippen LogP contribution is 2.26. The molecule has 38 heavy (non-hydrogen) atoms. The number of ether oxygens (including phenoxy) is 1. The molecule has 4 rings (SSSR count). The van der Waals surface area contributed by atoms with Gasteiger partial charge < -0.3 is 15.0 Å². The predicted molar refractivity (Wildman–Crippen MR) is 150 cm³/mol. The minimum Gasteiger partial charge on any atom is -0.379 e. The summed E-state index contributed by atoms with van der Waals surface area (Å²) in [5, 5.41) is 3.10. The molecule has 8 nitrogen and oxygen atoms in total. The Morgan fingerprint density at radius 1 is 0.974 bits per heavy atom. The maximum absolute atomic E-state index is 13.1. The molecule has 0 bridgehead atoms. The summed E-state index contributed by atoms with van der Waals surface area (Å²) >= 11 is 0. The highest BCUT2D eigenvalue weighted by atomic mass is 16.5. The molecule has 0 unspecified atom stereocenters. The van der Waals surface area contributed by atoms with Gasteiger partial charge in [0.1, 0.15) is 0 Å². The van der Waals surface area contributed by atoms with Crippen molar-refractivity contribution >= 4 is 17.5 Å². The molecule has 2 amide bonds. The third-order valence-electron chi connectivity index (χ3n) is 7.43. The SMILES string of the molecule is CC(=O)N1CCCCCCCN(Cc2cccnc2)Cc2cc(C(=O)NCCCN3CCOCC3)ccc21. The number of aromatic nitrogens is 1. The zero-order valence-corrected chi connectivity index (χ0v) is 22.9. The summed E-state index contributed by atoms with van der Waals surface area (Å²) in [4.78, 5) is 36.8. The first kappa shape index (κ1) is 28.2. The van der Waals surface area contributed by atoms with E-state index < -0.39 is 0 Å². The quantitative estimate of drug-likeness (QED) is 0.558. The van der Waals surface area contributed by atoms with Crippen LogP contribution in [0.1, 0.15) is 66.9 Å². The molecule has 8 heteroatoms. The van der Waals surface area contributed by atoms with E-state index in [1.54, 1.807) is 13.1 Å². The van der Waals surface area contributed by atoms with Gasteiger partial charge in [0.2, 0.25) is 5.91 Å². The van der Waals surface area contributed by atoms with Gasteiger partial charge in [-0.3, -0.25) is 24.4 Å². The van der Waals surface area contributed by atoms with E-state index in [-0.39, 0.29) is 11.8 Å². The average molecular weight is 522 g/mol. The lowest BCUT2D eigenvalue weighted by atomic mass is 10.0. The normalized spacial score (nSPS) is 18.2. The second-order valence-electron chi connectivity index (χ2n) is 10.4. The molecule has 1 N–H and O–H groups in total. The Kier molecular flexibility index (Phi) is 11.1. The summed E-state index contributed by atoms with van der Waals surface area (Å²) in [6.45, 7) is 9.86. The van der Waals surface area contributed by atoms with Gasteiger partial charge in [0, 0.05) is 69.8 Å². The Morgan fingerprint density at radius 3 is 2.53 bits per heavy atom. The van der Waals surface area contributed by atoms with Crippen molar-refractivity contribution in [3.05, 3.63) is 59.4 Å². The van der Waals surface area contributed by atoms with Crippen molar-refractivity contribution in [2.45, 2.75) is 58.5 Å². The van der Waals surface area contributed by atoms with E-state index in [4.69, 9.17) is 4.74 Å². The fraction of sp³-hybridized carbons (Fsp3) is 0.567. The fourth-order valence-electron chi connectivity index (χ4n) is 5.34. The van der Waals surface area contributed by atoms with Crippen molar-refractivity contribution in [2.24, 2.45) is 0 Å². The molecule has 0 aliphatic carbocycles. The number of benzene rings is 1. The largest absolute Gasteiger partial charge is 0.379 e. The smallest absolute Gasteiger partial charge is 0.251 e. The Labute approximate surface area is 227 Å². The summed E-state index contributed by atoms with van der Waals surface area (Å²) in [5.41, 5.74) is 3.74. The summed E-state index contributed by atoms with van der Waals surface area (Å²) in [6, 6.07) is 9.90. The van der Waals surface area contributed by atoms with E-state index in [2.05, 4.69) is 26.2 Å². The number of amides is 2. The summed E-state index contributed by atoms with van der Waals surface area (Å²) in [7, 11) is 0. The van der Waals surface area contributed by atoms with Crippen molar-refractivity contribution in [1.29, 1.82) is 0 Å². The summed E-state index contributed by atoms with van der Waals surface area (Å²) in [5.74, 6) is -0.0171. The number of carbonyl (C=O) groups excluding carboxylic acids is 2. The van der Waals surface area contributed by atoms with Gasteiger partial charge in [0.05, 0.1) is 13.2 Å². The second kappa shape index (κ2) is 15.0. The van der Waals surface area contributed by atoms with Gasteiger partial charge in [0.25, 0.3) is 5.91 Å². The first-order chi connectivity index (χ1) is 18.6. The van der Waals surface area contributed by atoms with Gasteiger partial charge in [-0.1, -0.05) is 25.3 Å². The monoisotopic (exact) mass is 521 g/mol. The van der Waals surface area contributed by atoms with E-state index in [0.29, 0.717) is 25.2 Å². The van der Waals surface area contributed by atoms with Crippen molar-refractivity contribution in [3.63, 3.8) is 0 Å². The van der Waals surface area contributed by atoms with Crippen LogP contribution in [-0.4, -0.2) is 79.1 Å². The molecule has 1 aromatic carbocycles. The number of fused-ring (bicyclic) bond motifs is 1. The minimum absolute atomic E-state index is 0.0439. The molecule has 2 aliphatic rings. The topological polar surface area (TPSA) is 78.0 Å². The van der Waals surface area contributed by atoms with E-state index >= 15 is 0 Å². The number of morpholine rings is 1. The number of rotatable bonds is 7. The lowest BCUT2D eigenvalue weighted by molar-refractivity contribution is -0.116. The number of nitrogens with zero attached hydrogens (tertiary/aromatic N) is 4. The van der Waals surface area contributed by atoms with Crippen molar-refractivity contribution < 1.29 is 14.3 Å². The molecule has 1 saturated heterocycles. The summed E-state index contributed by atoms with van der Waals surface area (Å²) in [6.07, 6.45) is 10.2. The first-order valence-corrected chi connectivity index (χ1v) is 14.2. The number of hydrogen-bond donors (Lipinski definition) is 1. The van der Waals surface area contributed by atoms with Crippen LogP contribution in [0.3, 0.4) is 0 Å².